The number of nitrogens with zero attached hydrogens (tertiary/aromatic N) is 2. The second kappa shape index (κ2) is 2.70. The van der Waals surface area contributed by atoms with Gasteiger partial charge in [0.2, 0.25) is 0 Å². The van der Waals surface area contributed by atoms with Crippen molar-refractivity contribution in [3.63, 3.8) is 0 Å². The van der Waals surface area contributed by atoms with Gasteiger partial charge in [-0.05, 0) is 25.5 Å². The normalized spacial score (nSPS) is 19.8. The zero-order valence-electron chi connectivity index (χ0n) is 8.12. The Kier molecular flexibility index (Phi) is 1.77. The molecule has 70 valence electrons. The van der Waals surface area contributed by atoms with Crippen molar-refractivity contribution in [2.75, 3.05) is 18.0 Å². The van der Waals surface area contributed by atoms with Crippen LogP contribution in [0.5, 0.6) is 0 Å². The van der Waals surface area contributed by atoms with E-state index in [-0.39, 0.29) is 5.54 Å². The molecule has 1 saturated heterocycles. The van der Waals surface area contributed by atoms with E-state index in [0.717, 1.165) is 13.1 Å². The molecule has 2 heterocycles. The summed E-state index contributed by atoms with van der Waals surface area (Å²) in [5, 5.41) is 0. The molecule has 0 saturated carbocycles. The first-order chi connectivity index (χ1) is 6.08. The van der Waals surface area contributed by atoms with Gasteiger partial charge in [-0.1, -0.05) is 0 Å². The first-order valence-corrected chi connectivity index (χ1v) is 4.53. The van der Waals surface area contributed by atoms with Gasteiger partial charge in [-0.3, -0.25) is 4.98 Å². The molecular formula is C10H15N3. The summed E-state index contributed by atoms with van der Waals surface area (Å²) in [7, 11) is 0. The standard InChI is InChI=1S/C10H15N3/c1-8-3-4-12-5-9(8)13-6-10(2,11)7-13/h3-5H,6-7,11H2,1-2H3. The van der Waals surface area contributed by atoms with E-state index in [0.29, 0.717) is 0 Å². The molecule has 3 nitrogen and oxygen atoms in total. The fourth-order valence-corrected chi connectivity index (χ4v) is 1.78. The molecule has 13 heavy (non-hydrogen) atoms. The minimum absolute atomic E-state index is 0.0116. The quantitative estimate of drug-likeness (QED) is 0.693. The fraction of sp³-hybridized carbons (Fsp3) is 0.500. The summed E-state index contributed by atoms with van der Waals surface area (Å²) < 4.78 is 0. The Morgan fingerprint density at radius 2 is 2.23 bits per heavy atom. The van der Waals surface area contributed by atoms with E-state index >= 15 is 0 Å². The highest BCUT2D eigenvalue weighted by atomic mass is 15.3. The first-order valence-electron chi connectivity index (χ1n) is 4.53. The molecule has 0 aliphatic carbocycles. The molecule has 1 aliphatic heterocycles. The molecule has 0 bridgehead atoms. The zero-order chi connectivity index (χ0) is 9.47. The van der Waals surface area contributed by atoms with Crippen LogP contribution >= 0.6 is 0 Å². The smallest absolute Gasteiger partial charge is 0.0583 e. The number of hydrogen-bond acceptors (Lipinski definition) is 3. The second-order valence-electron chi connectivity index (χ2n) is 4.17. The lowest BCUT2D eigenvalue weighted by molar-refractivity contribution is 0.365. The molecule has 2 N–H and O–H groups in total. The molecular weight excluding hydrogens is 162 g/mol. The van der Waals surface area contributed by atoms with Crippen LogP contribution in [0.3, 0.4) is 0 Å². The highest BCUT2D eigenvalue weighted by Gasteiger charge is 2.35. The SMILES string of the molecule is Cc1ccncc1N1CC(C)(N)C1. The number of aromatic nitrogens is 1. The van der Waals surface area contributed by atoms with Gasteiger partial charge in [0.05, 0.1) is 11.9 Å². The van der Waals surface area contributed by atoms with Crippen LogP contribution in [-0.2, 0) is 0 Å². The summed E-state index contributed by atoms with van der Waals surface area (Å²) in [5.41, 5.74) is 8.41. The summed E-state index contributed by atoms with van der Waals surface area (Å²) in [5.74, 6) is 0. The molecule has 1 aromatic rings. The first kappa shape index (κ1) is 8.51. The zero-order valence-corrected chi connectivity index (χ0v) is 8.12. The van der Waals surface area contributed by atoms with Crippen molar-refractivity contribution in [2.24, 2.45) is 5.73 Å². The number of rotatable bonds is 1. The van der Waals surface area contributed by atoms with E-state index in [9.17, 15) is 0 Å². The maximum absolute atomic E-state index is 5.94. The van der Waals surface area contributed by atoms with Crippen LogP contribution in [0.25, 0.3) is 0 Å². The Bertz CT molecular complexity index is 312. The van der Waals surface area contributed by atoms with Crippen LogP contribution in [0.15, 0.2) is 18.5 Å². The average molecular weight is 177 g/mol. The van der Waals surface area contributed by atoms with Gasteiger partial charge < -0.3 is 10.6 Å². The third kappa shape index (κ3) is 1.52. The average Bonchev–Trinajstić information content (AvgIpc) is 2.01. The fourth-order valence-electron chi connectivity index (χ4n) is 1.78. The van der Waals surface area contributed by atoms with E-state index in [1.54, 1.807) is 0 Å². The largest absolute Gasteiger partial charge is 0.366 e. The molecule has 0 spiro atoms. The lowest BCUT2D eigenvalue weighted by atomic mass is 9.93. The molecule has 0 atom stereocenters. The summed E-state index contributed by atoms with van der Waals surface area (Å²) >= 11 is 0. The maximum Gasteiger partial charge on any atom is 0.0583 e. The van der Waals surface area contributed by atoms with Gasteiger partial charge in [-0.25, -0.2) is 0 Å². The summed E-state index contributed by atoms with van der Waals surface area (Å²) in [6, 6.07) is 2.03. The second-order valence-corrected chi connectivity index (χ2v) is 4.17. The van der Waals surface area contributed by atoms with Crippen LogP contribution in [0.2, 0.25) is 0 Å². The van der Waals surface area contributed by atoms with Crippen LogP contribution in [0, 0.1) is 6.92 Å². The van der Waals surface area contributed by atoms with Crippen molar-refractivity contribution in [2.45, 2.75) is 19.4 Å². The third-order valence-electron chi connectivity index (χ3n) is 2.46. The molecule has 0 unspecified atom stereocenters. The third-order valence-corrected chi connectivity index (χ3v) is 2.46. The molecule has 3 heteroatoms. The Morgan fingerprint density at radius 1 is 1.54 bits per heavy atom. The van der Waals surface area contributed by atoms with Crippen LogP contribution < -0.4 is 10.6 Å². The number of nitrogens with two attached hydrogens (primary N) is 1. The van der Waals surface area contributed by atoms with Gasteiger partial charge in [0, 0.05) is 24.8 Å². The summed E-state index contributed by atoms with van der Waals surface area (Å²) in [6.07, 6.45) is 3.73. The highest BCUT2D eigenvalue weighted by Crippen LogP contribution is 2.27. The van der Waals surface area contributed by atoms with Gasteiger partial charge >= 0.3 is 0 Å². The van der Waals surface area contributed by atoms with Gasteiger partial charge in [-0.2, -0.15) is 0 Å². The van der Waals surface area contributed by atoms with Crippen LogP contribution in [0.4, 0.5) is 5.69 Å². The lowest BCUT2D eigenvalue weighted by Crippen LogP contribution is -2.65. The monoisotopic (exact) mass is 177 g/mol. The molecule has 1 fully saturated rings. The van der Waals surface area contributed by atoms with Crippen LogP contribution in [-0.4, -0.2) is 23.6 Å². The minimum Gasteiger partial charge on any atom is -0.366 e. The van der Waals surface area contributed by atoms with Crippen molar-refractivity contribution in [1.29, 1.82) is 0 Å². The lowest BCUT2D eigenvalue weighted by Gasteiger charge is -2.47. The molecule has 1 aliphatic rings. The summed E-state index contributed by atoms with van der Waals surface area (Å²) in [4.78, 5) is 6.38. The van der Waals surface area contributed by atoms with Crippen molar-refractivity contribution in [1.82, 2.24) is 4.98 Å². The molecule has 0 aromatic carbocycles. The molecule has 0 amide bonds. The molecule has 0 radical (unpaired) electrons. The molecule has 1 aromatic heterocycles. The van der Waals surface area contributed by atoms with Gasteiger partial charge in [0.1, 0.15) is 0 Å². The number of anilines is 1. The van der Waals surface area contributed by atoms with E-state index in [1.165, 1.54) is 11.3 Å². The van der Waals surface area contributed by atoms with E-state index < -0.39 is 0 Å². The summed E-state index contributed by atoms with van der Waals surface area (Å²) in [6.45, 7) is 6.04. The van der Waals surface area contributed by atoms with Crippen molar-refractivity contribution >= 4 is 5.69 Å². The van der Waals surface area contributed by atoms with Crippen molar-refractivity contribution in [3.05, 3.63) is 24.0 Å². The molecule has 2 rings (SSSR count). The number of pyridine rings is 1. The Morgan fingerprint density at radius 3 is 2.77 bits per heavy atom. The Balaban J connectivity index is 2.16. The van der Waals surface area contributed by atoms with E-state index in [4.69, 9.17) is 5.73 Å². The topological polar surface area (TPSA) is 42.2 Å². The predicted octanol–water partition coefficient (Wildman–Crippen LogP) is 0.927. The van der Waals surface area contributed by atoms with Crippen LogP contribution in [0.1, 0.15) is 12.5 Å². The predicted molar refractivity (Wildman–Crippen MR) is 53.8 cm³/mol. The maximum atomic E-state index is 5.94. The van der Waals surface area contributed by atoms with Crippen molar-refractivity contribution in [3.8, 4) is 0 Å². The Hall–Kier alpha value is -1.09. The van der Waals surface area contributed by atoms with Crippen molar-refractivity contribution < 1.29 is 0 Å². The van der Waals surface area contributed by atoms with Gasteiger partial charge in [0.15, 0.2) is 0 Å². The minimum atomic E-state index is -0.0116. The van der Waals surface area contributed by atoms with E-state index in [1.807, 2.05) is 18.5 Å². The van der Waals surface area contributed by atoms with Gasteiger partial charge in [-0.15, -0.1) is 0 Å². The number of hydrogen-bond donors (Lipinski definition) is 1. The van der Waals surface area contributed by atoms with Gasteiger partial charge in [0.25, 0.3) is 0 Å². The van der Waals surface area contributed by atoms with E-state index in [2.05, 4.69) is 23.7 Å². The number of aryl methyl sites for hydroxylation is 1. The Labute approximate surface area is 78.6 Å². The highest BCUT2D eigenvalue weighted by molar-refractivity contribution is 5.54.